The first-order valence-corrected chi connectivity index (χ1v) is 7.62. The van der Waals surface area contributed by atoms with E-state index in [-0.39, 0.29) is 11.3 Å². The van der Waals surface area contributed by atoms with Crippen LogP contribution in [0.2, 0.25) is 5.28 Å². The summed E-state index contributed by atoms with van der Waals surface area (Å²) < 4.78 is 5.35. The zero-order chi connectivity index (χ0) is 14.4. The van der Waals surface area contributed by atoms with E-state index in [4.69, 9.17) is 16.3 Å². The highest BCUT2D eigenvalue weighted by Crippen LogP contribution is 2.12. The molecule has 0 spiro atoms. The van der Waals surface area contributed by atoms with Crippen LogP contribution in [-0.4, -0.2) is 33.1 Å². The normalized spacial score (nSPS) is 10.6. The van der Waals surface area contributed by atoms with Gasteiger partial charge < -0.3 is 10.1 Å². The first kappa shape index (κ1) is 14.9. The van der Waals surface area contributed by atoms with Gasteiger partial charge >= 0.3 is 6.01 Å². The van der Waals surface area contributed by atoms with Crippen molar-refractivity contribution >= 4 is 28.9 Å². The molecule has 2 aromatic heterocycles. The molecule has 0 saturated heterocycles. The first-order chi connectivity index (χ1) is 9.67. The summed E-state index contributed by atoms with van der Waals surface area (Å²) in [5.41, 5.74) is 1.06. The van der Waals surface area contributed by atoms with E-state index in [9.17, 15) is 0 Å². The molecule has 0 atom stereocenters. The van der Waals surface area contributed by atoms with Crippen molar-refractivity contribution in [2.45, 2.75) is 26.7 Å². The molecule has 2 rings (SSSR count). The summed E-state index contributed by atoms with van der Waals surface area (Å²) in [7, 11) is 0. The van der Waals surface area contributed by atoms with Gasteiger partial charge in [0.25, 0.3) is 0 Å². The van der Waals surface area contributed by atoms with Crippen molar-refractivity contribution < 1.29 is 4.74 Å². The van der Waals surface area contributed by atoms with Crippen LogP contribution >= 0.6 is 22.9 Å². The molecule has 0 aliphatic heterocycles. The van der Waals surface area contributed by atoms with Crippen molar-refractivity contribution in [2.24, 2.45) is 0 Å². The molecule has 108 valence electrons. The quantitative estimate of drug-likeness (QED) is 0.847. The summed E-state index contributed by atoms with van der Waals surface area (Å²) in [5, 5.41) is 6.34. The minimum atomic E-state index is 0.123. The first-order valence-electron chi connectivity index (χ1n) is 6.36. The fourth-order valence-corrected chi connectivity index (χ4v) is 2.29. The Morgan fingerprint density at radius 2 is 2.15 bits per heavy atom. The maximum absolute atomic E-state index is 5.84. The predicted octanol–water partition coefficient (Wildman–Crippen LogP) is 2.73. The van der Waals surface area contributed by atoms with Crippen LogP contribution in [0.15, 0.2) is 5.38 Å². The van der Waals surface area contributed by atoms with Gasteiger partial charge in [-0.1, -0.05) is 6.92 Å². The number of thiazole rings is 1. The Balaban J connectivity index is 1.89. The summed E-state index contributed by atoms with van der Waals surface area (Å²) in [6.07, 6.45) is 1.69. The third-order valence-electron chi connectivity index (χ3n) is 2.35. The van der Waals surface area contributed by atoms with E-state index >= 15 is 0 Å². The Labute approximate surface area is 126 Å². The Morgan fingerprint density at radius 3 is 2.85 bits per heavy atom. The Bertz CT molecular complexity index is 563. The van der Waals surface area contributed by atoms with Crippen LogP contribution in [0, 0.1) is 6.92 Å². The monoisotopic (exact) mass is 313 g/mol. The standard InChI is InChI=1S/C12H16ClN5OS/c1-3-6-19-12-17-10(13)16-11(18-12)14-5-4-9-7-20-8(2)15-9/h7H,3-6H2,1-2H3,(H,14,16,17,18). The predicted molar refractivity (Wildman–Crippen MR) is 79.7 cm³/mol. The van der Waals surface area contributed by atoms with Crippen molar-refractivity contribution in [1.29, 1.82) is 0 Å². The molecule has 0 fully saturated rings. The fraction of sp³-hybridized carbons (Fsp3) is 0.500. The van der Waals surface area contributed by atoms with Gasteiger partial charge in [-0.15, -0.1) is 11.3 Å². The lowest BCUT2D eigenvalue weighted by atomic mass is 10.3. The summed E-state index contributed by atoms with van der Waals surface area (Å²) in [5.74, 6) is 0.419. The molecule has 0 bridgehead atoms. The number of hydrogen-bond acceptors (Lipinski definition) is 7. The van der Waals surface area contributed by atoms with Crippen molar-refractivity contribution in [2.75, 3.05) is 18.5 Å². The number of hydrogen-bond donors (Lipinski definition) is 1. The smallest absolute Gasteiger partial charge is 0.322 e. The molecule has 0 saturated carbocycles. The van der Waals surface area contributed by atoms with Gasteiger partial charge in [0.05, 0.1) is 17.3 Å². The van der Waals surface area contributed by atoms with E-state index in [0.29, 0.717) is 19.1 Å². The van der Waals surface area contributed by atoms with E-state index in [1.165, 1.54) is 0 Å². The molecule has 6 nitrogen and oxygen atoms in total. The molecule has 0 aromatic carbocycles. The lowest BCUT2D eigenvalue weighted by molar-refractivity contribution is 0.291. The zero-order valence-electron chi connectivity index (χ0n) is 11.4. The lowest BCUT2D eigenvalue weighted by Gasteiger charge is -2.06. The van der Waals surface area contributed by atoms with Gasteiger partial charge in [0.2, 0.25) is 11.2 Å². The minimum absolute atomic E-state index is 0.123. The molecule has 20 heavy (non-hydrogen) atoms. The van der Waals surface area contributed by atoms with E-state index < -0.39 is 0 Å². The van der Waals surface area contributed by atoms with Gasteiger partial charge in [-0.25, -0.2) is 4.98 Å². The third-order valence-corrected chi connectivity index (χ3v) is 3.35. The summed E-state index contributed by atoms with van der Waals surface area (Å²) in [4.78, 5) is 16.5. The Kier molecular flexibility index (Phi) is 5.49. The number of aromatic nitrogens is 4. The van der Waals surface area contributed by atoms with Crippen LogP contribution in [0.1, 0.15) is 24.0 Å². The summed E-state index contributed by atoms with van der Waals surface area (Å²) in [6, 6.07) is 0.249. The molecule has 0 aliphatic rings. The van der Waals surface area contributed by atoms with Crippen LogP contribution in [0.25, 0.3) is 0 Å². The topological polar surface area (TPSA) is 72.8 Å². The van der Waals surface area contributed by atoms with Gasteiger partial charge in [0.1, 0.15) is 0 Å². The van der Waals surface area contributed by atoms with Crippen molar-refractivity contribution in [1.82, 2.24) is 19.9 Å². The van der Waals surface area contributed by atoms with Crippen LogP contribution in [0.5, 0.6) is 6.01 Å². The van der Waals surface area contributed by atoms with Crippen molar-refractivity contribution in [3.05, 3.63) is 21.4 Å². The van der Waals surface area contributed by atoms with Crippen LogP contribution in [0.3, 0.4) is 0 Å². The summed E-state index contributed by atoms with van der Waals surface area (Å²) >= 11 is 7.48. The molecule has 0 amide bonds. The van der Waals surface area contributed by atoms with E-state index in [2.05, 4.69) is 25.3 Å². The highest BCUT2D eigenvalue weighted by Gasteiger charge is 2.06. The molecule has 0 unspecified atom stereocenters. The molecule has 2 aromatic rings. The second-order valence-corrected chi connectivity index (χ2v) is 5.49. The third kappa shape index (κ3) is 4.57. The van der Waals surface area contributed by atoms with Crippen LogP contribution in [0.4, 0.5) is 5.95 Å². The number of anilines is 1. The molecule has 0 aliphatic carbocycles. The Morgan fingerprint density at radius 1 is 1.30 bits per heavy atom. The second-order valence-electron chi connectivity index (χ2n) is 4.09. The molecular formula is C12H16ClN5OS. The van der Waals surface area contributed by atoms with Gasteiger partial charge in [-0.2, -0.15) is 15.0 Å². The Hall–Kier alpha value is -1.47. The average Bonchev–Trinajstić information content (AvgIpc) is 2.81. The van der Waals surface area contributed by atoms with Crippen molar-refractivity contribution in [3.8, 4) is 6.01 Å². The SMILES string of the molecule is CCCOc1nc(Cl)nc(NCCc2csc(C)n2)n1. The highest BCUT2D eigenvalue weighted by atomic mass is 35.5. The van der Waals surface area contributed by atoms with E-state index in [1.807, 2.05) is 19.2 Å². The summed E-state index contributed by atoms with van der Waals surface area (Å²) in [6.45, 7) is 5.23. The van der Waals surface area contributed by atoms with Gasteiger partial charge in [0, 0.05) is 18.3 Å². The largest absolute Gasteiger partial charge is 0.463 e. The molecule has 2 heterocycles. The van der Waals surface area contributed by atoms with Crippen molar-refractivity contribution in [3.63, 3.8) is 0 Å². The molecular weight excluding hydrogens is 298 g/mol. The zero-order valence-corrected chi connectivity index (χ0v) is 13.0. The maximum Gasteiger partial charge on any atom is 0.322 e. The molecule has 1 N–H and O–H groups in total. The second kappa shape index (κ2) is 7.35. The van der Waals surface area contributed by atoms with E-state index in [0.717, 1.165) is 23.5 Å². The van der Waals surface area contributed by atoms with Gasteiger partial charge in [-0.05, 0) is 24.9 Å². The number of aryl methyl sites for hydroxylation is 1. The van der Waals surface area contributed by atoms with Gasteiger partial charge in [0.15, 0.2) is 0 Å². The fourth-order valence-electron chi connectivity index (χ4n) is 1.49. The minimum Gasteiger partial charge on any atom is -0.463 e. The average molecular weight is 314 g/mol. The molecule has 0 radical (unpaired) electrons. The van der Waals surface area contributed by atoms with Crippen LogP contribution < -0.4 is 10.1 Å². The number of nitrogens with one attached hydrogen (secondary N) is 1. The lowest BCUT2D eigenvalue weighted by Crippen LogP contribution is -2.10. The van der Waals surface area contributed by atoms with Crippen LogP contribution in [-0.2, 0) is 6.42 Å². The highest BCUT2D eigenvalue weighted by molar-refractivity contribution is 7.09. The maximum atomic E-state index is 5.84. The molecule has 8 heteroatoms. The van der Waals surface area contributed by atoms with E-state index in [1.54, 1.807) is 11.3 Å². The number of rotatable bonds is 7. The van der Waals surface area contributed by atoms with Gasteiger partial charge in [-0.3, -0.25) is 0 Å². The number of ether oxygens (including phenoxy) is 1. The number of nitrogens with zero attached hydrogens (tertiary/aromatic N) is 4. The number of halogens is 1.